The fraction of sp³-hybridized carbons (Fsp3) is 0.659. The molecule has 0 bridgehead atoms. The molecule has 0 aliphatic carbocycles. The maximum absolute atomic E-state index is 13.0. The van der Waals surface area contributed by atoms with Crippen LogP contribution in [-0.4, -0.2) is 58.1 Å². The first-order valence-electron chi connectivity index (χ1n) is 20.4. The Labute approximate surface area is 337 Å². The van der Waals surface area contributed by atoms with E-state index in [-0.39, 0.29) is 32.2 Å². The summed E-state index contributed by atoms with van der Waals surface area (Å²) in [5, 5.41) is 23.9. The molecule has 0 radical (unpaired) electrons. The molecule has 3 N–H and O–H groups in total. The molecule has 1 aromatic carbocycles. The average Bonchev–Trinajstić information content (AvgIpc) is 3.84. The molecule has 4 atom stereocenters. The monoisotopic (exact) mass is 814 g/mol. The number of nitriles is 2. The minimum absolute atomic E-state index is 0.0781. The van der Waals surface area contributed by atoms with Gasteiger partial charge in [0.25, 0.3) is 0 Å². The number of unbranched alkanes of at least 4 members (excludes halogenated alkanes) is 15. The first-order valence-corrected chi connectivity index (χ1v) is 22.2. The van der Waals surface area contributed by atoms with E-state index in [1.165, 1.54) is 94.3 Å². The van der Waals surface area contributed by atoms with Gasteiger partial charge in [-0.25, -0.2) is 14.1 Å². The highest BCUT2D eigenvalue weighted by molar-refractivity contribution is 7.47. The molecule has 1 aliphatic rings. The molecular weight excluding hydrogens is 755 g/mol. The van der Waals surface area contributed by atoms with Crippen molar-refractivity contribution in [1.82, 2.24) is 14.6 Å². The number of nitrogens with zero attached hydrogens (tertiary/aromatic N) is 5. The molecule has 3 heterocycles. The molecular formula is C41H60ClN6O7P. The van der Waals surface area contributed by atoms with Gasteiger partial charge in [0.2, 0.25) is 0 Å². The summed E-state index contributed by atoms with van der Waals surface area (Å²) in [6.07, 6.45) is 21.3. The van der Waals surface area contributed by atoms with E-state index < -0.39 is 25.6 Å². The van der Waals surface area contributed by atoms with Gasteiger partial charge in [-0.1, -0.05) is 121 Å². The lowest BCUT2D eigenvalue weighted by molar-refractivity contribution is -0.0560. The molecule has 4 rings (SSSR count). The third kappa shape index (κ3) is 15.0. The van der Waals surface area contributed by atoms with Crippen LogP contribution >= 0.6 is 19.4 Å². The SMILES string of the molecule is CCCCCCCCCCCCCCCCCCOC[C@H](COP(=O)(O)OC[C@@H]1CC[C@](C#N)(c2ccc3c(N)ncnn23)O1)OCc1ccc(C#N)cc1Cl. The summed E-state index contributed by atoms with van der Waals surface area (Å²) in [6.45, 7) is 2.43. The third-order valence-electron chi connectivity index (χ3n) is 10.2. The van der Waals surface area contributed by atoms with E-state index >= 15 is 0 Å². The van der Waals surface area contributed by atoms with Crippen LogP contribution in [0.25, 0.3) is 5.52 Å². The summed E-state index contributed by atoms with van der Waals surface area (Å²) in [5.41, 5.74) is 6.72. The van der Waals surface area contributed by atoms with E-state index in [4.69, 9.17) is 40.6 Å². The van der Waals surface area contributed by atoms with Crippen LogP contribution in [0, 0.1) is 22.7 Å². The first-order chi connectivity index (χ1) is 27.2. The van der Waals surface area contributed by atoms with Gasteiger partial charge in [0.15, 0.2) is 11.4 Å². The summed E-state index contributed by atoms with van der Waals surface area (Å²) in [5.74, 6) is 0.267. The van der Waals surface area contributed by atoms with Crippen molar-refractivity contribution in [3.63, 3.8) is 0 Å². The number of aromatic nitrogens is 3. The number of phosphoric acid groups is 1. The van der Waals surface area contributed by atoms with Crippen LogP contribution in [-0.2, 0) is 40.0 Å². The van der Waals surface area contributed by atoms with Gasteiger partial charge in [-0.2, -0.15) is 15.6 Å². The van der Waals surface area contributed by atoms with E-state index in [1.54, 1.807) is 30.3 Å². The number of anilines is 1. The largest absolute Gasteiger partial charge is 0.472 e. The van der Waals surface area contributed by atoms with Gasteiger partial charge < -0.3 is 24.8 Å². The van der Waals surface area contributed by atoms with Crippen molar-refractivity contribution in [2.75, 3.05) is 32.2 Å². The van der Waals surface area contributed by atoms with Crippen LogP contribution in [0.15, 0.2) is 36.7 Å². The normalized spacial score (nSPS) is 18.5. The fourth-order valence-electron chi connectivity index (χ4n) is 6.92. The minimum Gasteiger partial charge on any atom is -0.382 e. The topological polar surface area (TPSA) is 187 Å². The molecule has 1 saturated heterocycles. The van der Waals surface area contributed by atoms with Crippen LogP contribution in [0.2, 0.25) is 5.02 Å². The maximum atomic E-state index is 13.0. The molecule has 0 saturated carbocycles. The first kappa shape index (κ1) is 45.6. The molecule has 15 heteroatoms. The molecule has 0 spiro atoms. The van der Waals surface area contributed by atoms with Gasteiger partial charge in [-0.05, 0) is 49.1 Å². The van der Waals surface area contributed by atoms with Gasteiger partial charge in [0, 0.05) is 11.6 Å². The number of rotatable bonds is 29. The summed E-state index contributed by atoms with van der Waals surface area (Å²) >= 11 is 6.36. The molecule has 13 nitrogen and oxygen atoms in total. The summed E-state index contributed by atoms with van der Waals surface area (Å²) in [7, 11) is -4.55. The van der Waals surface area contributed by atoms with Crippen molar-refractivity contribution in [2.24, 2.45) is 0 Å². The predicted molar refractivity (Wildman–Crippen MR) is 216 cm³/mol. The summed E-state index contributed by atoms with van der Waals surface area (Å²) in [4.78, 5) is 14.6. The van der Waals surface area contributed by atoms with E-state index in [2.05, 4.69) is 29.1 Å². The van der Waals surface area contributed by atoms with Crippen LogP contribution in [0.4, 0.5) is 5.82 Å². The number of ether oxygens (including phenoxy) is 3. The Hall–Kier alpha value is -3.10. The smallest absolute Gasteiger partial charge is 0.382 e. The minimum atomic E-state index is -4.55. The second kappa shape index (κ2) is 24.6. The van der Waals surface area contributed by atoms with Crippen molar-refractivity contribution in [1.29, 1.82) is 10.5 Å². The van der Waals surface area contributed by atoms with Crippen LogP contribution in [0.1, 0.15) is 139 Å². The number of nitrogens with two attached hydrogens (primary N) is 1. The number of phosphoric ester groups is 1. The highest BCUT2D eigenvalue weighted by Gasteiger charge is 2.45. The number of hydrogen-bond donors (Lipinski definition) is 2. The lowest BCUT2D eigenvalue weighted by Crippen LogP contribution is -2.28. The van der Waals surface area contributed by atoms with E-state index in [9.17, 15) is 20.0 Å². The van der Waals surface area contributed by atoms with Crippen molar-refractivity contribution in [3.8, 4) is 12.1 Å². The Bertz CT molecular complexity index is 1750. The van der Waals surface area contributed by atoms with Crippen molar-refractivity contribution in [2.45, 2.75) is 147 Å². The molecule has 56 heavy (non-hydrogen) atoms. The molecule has 3 aromatic rings. The second-order valence-electron chi connectivity index (χ2n) is 14.7. The van der Waals surface area contributed by atoms with E-state index in [0.717, 1.165) is 19.3 Å². The third-order valence-corrected chi connectivity index (χ3v) is 11.5. The zero-order chi connectivity index (χ0) is 40.1. The Kier molecular flexibility index (Phi) is 20.0. The number of benzene rings is 1. The number of nitrogen functional groups attached to an aromatic ring is 1. The molecule has 308 valence electrons. The van der Waals surface area contributed by atoms with Crippen LogP contribution < -0.4 is 5.73 Å². The van der Waals surface area contributed by atoms with Gasteiger partial charge in [-0.15, -0.1) is 0 Å². The predicted octanol–water partition coefficient (Wildman–Crippen LogP) is 9.73. The van der Waals surface area contributed by atoms with Crippen LogP contribution in [0.3, 0.4) is 0 Å². The van der Waals surface area contributed by atoms with Gasteiger partial charge in [0.05, 0.1) is 49.9 Å². The maximum Gasteiger partial charge on any atom is 0.472 e. The lowest BCUT2D eigenvalue weighted by atomic mass is 9.98. The van der Waals surface area contributed by atoms with Gasteiger partial charge in [-0.3, -0.25) is 9.05 Å². The standard InChI is InChI=1S/C41H60ClN6O7P/c1-2-3-4-5-6-7-8-9-10-11-12-13-14-15-16-17-24-51-28-36(52-27-34-19-18-33(26-43)25-37(34)42)30-54-56(49,50)53-29-35-22-23-41(31-44,55-35)39-21-20-38-40(45)46-32-47-48(38)39/h18-21,25,32,35-36H,2-17,22-24,27-30H2,1H3,(H,49,50)(H2,45,46,47)/t35-,36+,41-/m0/s1. The Balaban J connectivity index is 1.16. The quantitative estimate of drug-likeness (QED) is 0.0500. The van der Waals surface area contributed by atoms with Crippen LogP contribution in [0.5, 0.6) is 0 Å². The van der Waals surface area contributed by atoms with Crippen molar-refractivity contribution >= 4 is 30.8 Å². The van der Waals surface area contributed by atoms with Gasteiger partial charge >= 0.3 is 7.82 Å². The zero-order valence-electron chi connectivity index (χ0n) is 32.9. The highest BCUT2D eigenvalue weighted by atomic mass is 35.5. The number of halogens is 1. The Morgan fingerprint density at radius 3 is 2.27 bits per heavy atom. The highest BCUT2D eigenvalue weighted by Crippen LogP contribution is 2.46. The second-order valence-corrected chi connectivity index (χ2v) is 16.5. The summed E-state index contributed by atoms with van der Waals surface area (Å²) < 4.78 is 43.3. The Morgan fingerprint density at radius 1 is 0.982 bits per heavy atom. The molecule has 1 fully saturated rings. The molecule has 0 amide bonds. The molecule has 2 aromatic heterocycles. The van der Waals surface area contributed by atoms with Crippen molar-refractivity contribution < 1.29 is 32.7 Å². The van der Waals surface area contributed by atoms with Crippen molar-refractivity contribution in [3.05, 3.63) is 58.5 Å². The Morgan fingerprint density at radius 2 is 1.64 bits per heavy atom. The molecule has 1 unspecified atom stereocenters. The fourth-order valence-corrected chi connectivity index (χ4v) is 7.93. The van der Waals surface area contributed by atoms with E-state index in [1.807, 2.05) is 0 Å². The zero-order valence-corrected chi connectivity index (χ0v) is 34.6. The number of hydrogen-bond acceptors (Lipinski definition) is 11. The van der Waals surface area contributed by atoms with Gasteiger partial charge in [0.1, 0.15) is 24.0 Å². The summed E-state index contributed by atoms with van der Waals surface area (Å²) in [6, 6.07) is 12.6. The molecule has 1 aliphatic heterocycles. The average molecular weight is 815 g/mol. The number of fused-ring (bicyclic) bond motifs is 1. The lowest BCUT2D eigenvalue weighted by Gasteiger charge is -2.23. The van der Waals surface area contributed by atoms with E-state index in [0.29, 0.717) is 46.8 Å².